The Morgan fingerprint density at radius 3 is 2.60 bits per heavy atom. The largest absolute Gasteiger partial charge is 0.324 e. The number of fused-ring (bicyclic) bond motifs is 3. The zero-order valence-electron chi connectivity index (χ0n) is 16.6. The third kappa shape index (κ3) is 3.14. The van der Waals surface area contributed by atoms with Crippen molar-refractivity contribution >= 4 is 34.5 Å². The first-order valence-electron chi connectivity index (χ1n) is 10.5. The lowest BCUT2D eigenvalue weighted by Gasteiger charge is -2.30. The smallest absolute Gasteiger partial charge is 0.253 e. The van der Waals surface area contributed by atoms with Crippen LogP contribution in [0.15, 0.2) is 48.5 Å². The van der Waals surface area contributed by atoms with Crippen LogP contribution in [0.2, 0.25) is 0 Å². The molecule has 1 N–H and O–H groups in total. The number of imidazole rings is 1. The number of benzene rings is 2. The number of nitrogens with zero attached hydrogens (tertiary/aromatic N) is 3. The Morgan fingerprint density at radius 2 is 1.80 bits per heavy atom. The lowest BCUT2D eigenvalue weighted by Crippen LogP contribution is -2.41. The van der Waals surface area contributed by atoms with Crippen LogP contribution in [0.5, 0.6) is 0 Å². The van der Waals surface area contributed by atoms with E-state index in [1.807, 2.05) is 28.8 Å². The predicted octanol–water partition coefficient (Wildman–Crippen LogP) is 4.42. The van der Waals surface area contributed by atoms with Crippen LogP contribution < -0.4 is 10.2 Å². The monoisotopic (exact) mass is 406 g/mol. The molecule has 2 heterocycles. The van der Waals surface area contributed by atoms with E-state index in [1.54, 1.807) is 17.0 Å². The fourth-order valence-corrected chi connectivity index (χ4v) is 4.68. The van der Waals surface area contributed by atoms with Crippen LogP contribution in [0.3, 0.4) is 0 Å². The first kappa shape index (κ1) is 18.8. The Bertz CT molecular complexity index is 1120. The minimum absolute atomic E-state index is 0.0657. The van der Waals surface area contributed by atoms with Crippen molar-refractivity contribution in [2.75, 3.05) is 10.2 Å². The third-order valence-electron chi connectivity index (χ3n) is 6.09. The van der Waals surface area contributed by atoms with Crippen LogP contribution in [0.4, 0.5) is 16.0 Å². The van der Waals surface area contributed by atoms with Crippen molar-refractivity contribution in [2.45, 2.75) is 50.6 Å². The van der Waals surface area contributed by atoms with Crippen LogP contribution in [-0.2, 0) is 9.59 Å². The lowest BCUT2D eigenvalue weighted by molar-refractivity contribution is -0.125. The van der Waals surface area contributed by atoms with Gasteiger partial charge in [-0.3, -0.25) is 19.1 Å². The number of hydrogen-bond donors (Lipinski definition) is 1. The molecular weight excluding hydrogens is 383 g/mol. The number of carbonyl (C=O) groups excluding carboxylic acids is 2. The Labute approximate surface area is 173 Å². The van der Waals surface area contributed by atoms with Gasteiger partial charge in [0.2, 0.25) is 11.9 Å². The summed E-state index contributed by atoms with van der Waals surface area (Å²) in [5, 5.41) is 2.60. The van der Waals surface area contributed by atoms with Crippen molar-refractivity contribution in [2.24, 2.45) is 0 Å². The molecule has 0 radical (unpaired) electrons. The topological polar surface area (TPSA) is 67.2 Å². The molecule has 1 fully saturated rings. The number of hydrogen-bond acceptors (Lipinski definition) is 3. The number of halogens is 1. The van der Waals surface area contributed by atoms with Crippen LogP contribution >= 0.6 is 0 Å². The van der Waals surface area contributed by atoms with Gasteiger partial charge in [0.25, 0.3) is 5.91 Å². The summed E-state index contributed by atoms with van der Waals surface area (Å²) in [7, 11) is 0. The number of nitrogens with one attached hydrogen (secondary N) is 1. The van der Waals surface area contributed by atoms with Gasteiger partial charge in [-0.05, 0) is 37.1 Å². The molecule has 2 aromatic carbocycles. The summed E-state index contributed by atoms with van der Waals surface area (Å²) in [6.07, 6.45) is 5.19. The molecule has 0 saturated heterocycles. The summed E-state index contributed by atoms with van der Waals surface area (Å²) in [6.45, 7) is 0. The number of rotatable bonds is 4. The number of anilines is 2. The summed E-state index contributed by atoms with van der Waals surface area (Å²) in [5.74, 6) is -0.371. The van der Waals surface area contributed by atoms with E-state index >= 15 is 0 Å². The standard InChI is InChI=1S/C23H23FN4O2/c24-16-10-4-5-11-17(16)25-21(29)14-20-22(30)27(15-8-2-1-3-9-15)23-26-18-12-6-7-13-19(18)28(20)23/h4-7,10-13,15,20H,1-3,8-9,14H2,(H,25,29)/t20-/m1/s1. The molecule has 5 rings (SSSR count). The molecule has 2 amide bonds. The summed E-state index contributed by atoms with van der Waals surface area (Å²) in [4.78, 5) is 32.7. The molecule has 0 spiro atoms. The summed E-state index contributed by atoms with van der Waals surface area (Å²) >= 11 is 0. The van der Waals surface area contributed by atoms with Gasteiger partial charge in [-0.25, -0.2) is 9.37 Å². The molecule has 1 saturated carbocycles. The Kier molecular flexibility index (Phi) is 4.73. The molecule has 6 nitrogen and oxygen atoms in total. The van der Waals surface area contributed by atoms with Crippen molar-refractivity contribution in [3.63, 3.8) is 0 Å². The molecule has 0 unspecified atom stereocenters. The second-order valence-corrected chi connectivity index (χ2v) is 8.02. The Hall–Kier alpha value is -3.22. The van der Waals surface area contributed by atoms with Gasteiger partial charge in [-0.1, -0.05) is 43.5 Å². The van der Waals surface area contributed by atoms with Crippen molar-refractivity contribution in [1.29, 1.82) is 0 Å². The molecule has 154 valence electrons. The minimum atomic E-state index is -0.680. The van der Waals surface area contributed by atoms with Gasteiger partial charge in [0.1, 0.15) is 11.9 Å². The van der Waals surface area contributed by atoms with Crippen LogP contribution in [0.25, 0.3) is 11.0 Å². The maximum Gasteiger partial charge on any atom is 0.253 e. The van der Waals surface area contributed by atoms with Crippen molar-refractivity contribution in [1.82, 2.24) is 9.55 Å². The number of aromatic nitrogens is 2. The van der Waals surface area contributed by atoms with Crippen LogP contribution in [0, 0.1) is 5.82 Å². The summed E-state index contributed by atoms with van der Waals surface area (Å²) < 4.78 is 15.8. The molecule has 1 aliphatic heterocycles. The molecule has 1 aliphatic carbocycles. The van der Waals surface area contributed by atoms with E-state index in [1.165, 1.54) is 18.6 Å². The molecule has 30 heavy (non-hydrogen) atoms. The van der Waals surface area contributed by atoms with E-state index < -0.39 is 17.8 Å². The average molecular weight is 406 g/mol. The van der Waals surface area contributed by atoms with Gasteiger partial charge in [0, 0.05) is 6.04 Å². The van der Waals surface area contributed by atoms with Gasteiger partial charge < -0.3 is 5.32 Å². The average Bonchev–Trinajstić information content (AvgIpc) is 3.25. The molecule has 0 bridgehead atoms. The summed E-state index contributed by atoms with van der Waals surface area (Å²) in [5.41, 5.74) is 1.76. The number of amides is 2. The highest BCUT2D eigenvalue weighted by atomic mass is 19.1. The van der Waals surface area contributed by atoms with Crippen molar-refractivity contribution in [3.05, 3.63) is 54.3 Å². The van der Waals surface area contributed by atoms with Crippen molar-refractivity contribution < 1.29 is 14.0 Å². The Balaban J connectivity index is 1.48. The Morgan fingerprint density at radius 1 is 1.07 bits per heavy atom. The van der Waals surface area contributed by atoms with Crippen LogP contribution in [0.1, 0.15) is 44.6 Å². The zero-order chi connectivity index (χ0) is 20.7. The highest BCUT2D eigenvalue weighted by molar-refractivity contribution is 6.05. The fourth-order valence-electron chi connectivity index (χ4n) is 4.68. The van der Waals surface area contributed by atoms with E-state index in [9.17, 15) is 14.0 Å². The van der Waals surface area contributed by atoms with Crippen LogP contribution in [-0.4, -0.2) is 27.4 Å². The first-order valence-corrected chi connectivity index (χ1v) is 10.5. The van der Waals surface area contributed by atoms with E-state index in [-0.39, 0.29) is 24.1 Å². The highest BCUT2D eigenvalue weighted by Crippen LogP contribution is 2.40. The van der Waals surface area contributed by atoms with Crippen molar-refractivity contribution in [3.8, 4) is 0 Å². The lowest BCUT2D eigenvalue weighted by atomic mass is 9.94. The number of carbonyl (C=O) groups is 2. The number of para-hydroxylation sites is 3. The maximum absolute atomic E-state index is 13.9. The highest BCUT2D eigenvalue weighted by Gasteiger charge is 2.44. The van der Waals surface area contributed by atoms with Gasteiger partial charge in [-0.15, -0.1) is 0 Å². The van der Waals surface area contributed by atoms with Gasteiger partial charge in [0.15, 0.2) is 0 Å². The molecule has 3 aromatic rings. The molecule has 7 heteroatoms. The SMILES string of the molecule is O=C(C[C@@H]1C(=O)N(C2CCCCC2)c2nc3ccccc3n21)Nc1ccccc1F. The van der Waals surface area contributed by atoms with Gasteiger partial charge in [0.05, 0.1) is 23.1 Å². The van der Waals surface area contributed by atoms with E-state index in [0.717, 1.165) is 36.7 Å². The predicted molar refractivity (Wildman–Crippen MR) is 113 cm³/mol. The molecular formula is C23H23FN4O2. The van der Waals surface area contributed by atoms with Gasteiger partial charge >= 0.3 is 0 Å². The van der Waals surface area contributed by atoms with E-state index in [0.29, 0.717) is 5.95 Å². The second-order valence-electron chi connectivity index (χ2n) is 8.02. The molecule has 1 atom stereocenters. The third-order valence-corrected chi connectivity index (χ3v) is 6.09. The fraction of sp³-hybridized carbons (Fsp3) is 0.348. The minimum Gasteiger partial charge on any atom is -0.324 e. The maximum atomic E-state index is 13.9. The normalized spacial score (nSPS) is 19.3. The first-order chi connectivity index (χ1) is 14.6. The van der Waals surface area contributed by atoms with E-state index in [4.69, 9.17) is 4.98 Å². The molecule has 1 aromatic heterocycles. The van der Waals surface area contributed by atoms with E-state index in [2.05, 4.69) is 5.32 Å². The quantitative estimate of drug-likeness (QED) is 0.697. The second kappa shape index (κ2) is 7.55. The zero-order valence-corrected chi connectivity index (χ0v) is 16.6. The molecule has 2 aliphatic rings. The van der Waals surface area contributed by atoms with Gasteiger partial charge in [-0.2, -0.15) is 0 Å². The summed E-state index contributed by atoms with van der Waals surface area (Å²) in [6, 6.07) is 13.1.